The molecule has 1 amide bonds. The Kier molecular flexibility index (Phi) is 8.23. The predicted octanol–water partition coefficient (Wildman–Crippen LogP) is 2.15. The lowest BCUT2D eigenvalue weighted by atomic mass is 10.1. The summed E-state index contributed by atoms with van der Waals surface area (Å²) in [6.07, 6.45) is 0.411. The number of aromatic nitrogens is 5. The molecule has 0 saturated carbocycles. The Labute approximate surface area is 219 Å². The Bertz CT molecular complexity index is 1240. The molecular weight excluding hydrogens is 496 g/mol. The van der Waals surface area contributed by atoms with E-state index < -0.39 is 12.2 Å². The summed E-state index contributed by atoms with van der Waals surface area (Å²) >= 11 is 0. The molecule has 0 aliphatic carbocycles. The maximum absolute atomic E-state index is 14.1. The molecular formula is C25H33F2N9O2. The largest absolute Gasteiger partial charge is 0.378 e. The molecule has 0 radical (unpaired) electrons. The summed E-state index contributed by atoms with van der Waals surface area (Å²) in [5, 5.41) is 0. The van der Waals surface area contributed by atoms with E-state index in [1.165, 1.54) is 4.57 Å². The normalized spacial score (nSPS) is 16.6. The number of hydrogen-bond acceptors (Lipinski definition) is 9. The molecule has 5 rings (SSSR count). The molecule has 0 atom stereocenters. The first-order chi connectivity index (χ1) is 18.5. The van der Waals surface area contributed by atoms with Crippen molar-refractivity contribution in [2.24, 2.45) is 5.73 Å². The minimum absolute atomic E-state index is 0.0962. The number of carbonyl (C=O) groups excluding carboxylic acids is 1. The molecule has 2 aliphatic heterocycles. The minimum atomic E-state index is -2.81. The van der Waals surface area contributed by atoms with Crippen LogP contribution in [0.5, 0.6) is 0 Å². The molecule has 4 heterocycles. The second-order valence-electron chi connectivity index (χ2n) is 9.40. The lowest BCUT2D eigenvalue weighted by molar-refractivity contribution is -0.131. The van der Waals surface area contributed by atoms with Crippen molar-refractivity contribution >= 4 is 28.8 Å². The van der Waals surface area contributed by atoms with Crippen molar-refractivity contribution in [1.29, 1.82) is 0 Å². The van der Waals surface area contributed by atoms with Crippen molar-refractivity contribution in [2.45, 2.75) is 32.1 Å². The van der Waals surface area contributed by atoms with Gasteiger partial charge in [0.05, 0.1) is 24.2 Å². The zero-order valence-corrected chi connectivity index (χ0v) is 21.3. The highest BCUT2D eigenvalue weighted by atomic mass is 19.3. The van der Waals surface area contributed by atoms with Gasteiger partial charge in [0.15, 0.2) is 5.82 Å². The van der Waals surface area contributed by atoms with Crippen molar-refractivity contribution < 1.29 is 18.3 Å². The van der Waals surface area contributed by atoms with Gasteiger partial charge in [-0.1, -0.05) is 18.6 Å². The fourth-order valence-corrected chi connectivity index (χ4v) is 4.80. The number of alkyl halides is 2. The first kappa shape index (κ1) is 26.2. The molecule has 2 N–H and O–H groups in total. The molecule has 2 aromatic heterocycles. The van der Waals surface area contributed by atoms with Crippen molar-refractivity contribution in [3.63, 3.8) is 0 Å². The fourth-order valence-electron chi connectivity index (χ4n) is 4.80. The number of nitrogens with zero attached hydrogens (tertiary/aromatic N) is 8. The van der Waals surface area contributed by atoms with Crippen molar-refractivity contribution in [2.75, 3.05) is 68.8 Å². The van der Waals surface area contributed by atoms with E-state index in [4.69, 9.17) is 15.5 Å². The smallest absolute Gasteiger partial charge is 0.296 e. The summed E-state index contributed by atoms with van der Waals surface area (Å²) in [7, 11) is 0. The Morgan fingerprint density at radius 3 is 2.21 bits per heavy atom. The molecule has 3 aromatic rings. The number of piperazine rings is 1. The van der Waals surface area contributed by atoms with E-state index in [0.717, 1.165) is 19.3 Å². The molecule has 11 nitrogen and oxygen atoms in total. The zero-order valence-electron chi connectivity index (χ0n) is 21.3. The van der Waals surface area contributed by atoms with Crippen LogP contribution in [0.15, 0.2) is 24.3 Å². The standard InChI is InChI=1S/C25H33F2N9O2/c26-21(27)22-29-18-6-3-4-7-19(18)36(22)25-31-23(30-24(32-25)35-14-16-38-17-15-35)34-12-10-33(11-13-34)20(37)8-2-1-5-9-28/h3-4,6-7,21H,1-2,5,8-17,28H2. The number of morpholine rings is 1. The highest BCUT2D eigenvalue weighted by Gasteiger charge is 2.27. The Morgan fingerprint density at radius 2 is 1.53 bits per heavy atom. The van der Waals surface area contributed by atoms with E-state index in [9.17, 15) is 13.6 Å². The molecule has 0 bridgehead atoms. The maximum Gasteiger partial charge on any atom is 0.296 e. The molecule has 0 unspecified atom stereocenters. The highest BCUT2D eigenvalue weighted by Crippen LogP contribution is 2.28. The molecule has 204 valence electrons. The molecule has 38 heavy (non-hydrogen) atoms. The van der Waals surface area contributed by atoms with Crippen LogP contribution in [0.1, 0.15) is 37.9 Å². The van der Waals surface area contributed by atoms with Gasteiger partial charge >= 0.3 is 0 Å². The number of hydrogen-bond donors (Lipinski definition) is 1. The van der Waals surface area contributed by atoms with Gasteiger partial charge in [-0.25, -0.2) is 13.8 Å². The SMILES string of the molecule is NCCCCCC(=O)N1CCN(c2nc(N3CCOCC3)nc(-n3c(C(F)F)nc4ccccc43)n2)CC1. The number of carbonyl (C=O) groups is 1. The lowest BCUT2D eigenvalue weighted by Gasteiger charge is -2.35. The van der Waals surface area contributed by atoms with Gasteiger partial charge in [-0.05, 0) is 31.5 Å². The topological polar surface area (TPSA) is 119 Å². The number of rotatable bonds is 9. The maximum atomic E-state index is 14.1. The average Bonchev–Trinajstić information content (AvgIpc) is 3.36. The third kappa shape index (κ3) is 5.68. The molecule has 13 heteroatoms. The van der Waals surface area contributed by atoms with Crippen molar-refractivity contribution in [1.82, 2.24) is 29.4 Å². The van der Waals surface area contributed by atoms with E-state index in [2.05, 4.69) is 15.0 Å². The number of nitrogens with two attached hydrogens (primary N) is 1. The van der Waals surface area contributed by atoms with E-state index in [1.54, 1.807) is 24.3 Å². The second kappa shape index (κ2) is 11.9. The number of fused-ring (bicyclic) bond motifs is 1. The van der Waals surface area contributed by atoms with Gasteiger partial charge in [0, 0.05) is 45.7 Å². The van der Waals surface area contributed by atoms with Crippen LogP contribution in [0, 0.1) is 0 Å². The van der Waals surface area contributed by atoms with E-state index >= 15 is 0 Å². The third-order valence-corrected chi connectivity index (χ3v) is 6.89. The third-order valence-electron chi connectivity index (χ3n) is 6.89. The molecule has 0 spiro atoms. The van der Waals surface area contributed by atoms with E-state index in [0.29, 0.717) is 88.4 Å². The Morgan fingerprint density at radius 1 is 0.868 bits per heavy atom. The fraction of sp³-hybridized carbons (Fsp3) is 0.560. The van der Waals surface area contributed by atoms with Gasteiger partial charge in [0.25, 0.3) is 6.43 Å². The summed E-state index contributed by atoms with van der Waals surface area (Å²) in [6.45, 7) is 5.02. The van der Waals surface area contributed by atoms with Gasteiger partial charge < -0.3 is 25.2 Å². The first-order valence-corrected chi connectivity index (χ1v) is 13.1. The van der Waals surface area contributed by atoms with Crippen LogP contribution in [-0.4, -0.2) is 94.3 Å². The number of ether oxygens (including phenoxy) is 1. The number of amides is 1. The number of halogens is 2. The molecule has 1 aromatic carbocycles. The summed E-state index contributed by atoms with van der Waals surface area (Å²) in [4.78, 5) is 36.6. The number of para-hydroxylation sites is 2. The molecule has 2 fully saturated rings. The summed E-state index contributed by atoms with van der Waals surface area (Å²) in [5.41, 5.74) is 6.48. The van der Waals surface area contributed by atoms with Crippen LogP contribution in [0.25, 0.3) is 17.0 Å². The van der Waals surface area contributed by atoms with Crippen LogP contribution in [0.2, 0.25) is 0 Å². The summed E-state index contributed by atoms with van der Waals surface area (Å²) < 4.78 is 34.9. The van der Waals surface area contributed by atoms with Gasteiger partial charge in [0.2, 0.25) is 23.8 Å². The molecule has 2 saturated heterocycles. The van der Waals surface area contributed by atoms with Crippen molar-refractivity contribution in [3.05, 3.63) is 30.1 Å². The number of imidazole rings is 1. The molecule has 2 aliphatic rings. The van der Waals surface area contributed by atoms with Gasteiger partial charge in [-0.15, -0.1) is 0 Å². The second-order valence-corrected chi connectivity index (χ2v) is 9.40. The van der Waals surface area contributed by atoms with Gasteiger partial charge in [-0.3, -0.25) is 9.36 Å². The number of benzene rings is 1. The van der Waals surface area contributed by atoms with Crippen LogP contribution in [-0.2, 0) is 9.53 Å². The summed E-state index contributed by atoms with van der Waals surface area (Å²) in [5.74, 6) is 0.618. The van der Waals surface area contributed by atoms with Crippen LogP contribution in [0.4, 0.5) is 20.7 Å². The number of unbranched alkanes of at least 4 members (excludes halogenated alkanes) is 2. The predicted molar refractivity (Wildman–Crippen MR) is 139 cm³/mol. The van der Waals surface area contributed by atoms with Crippen LogP contribution < -0.4 is 15.5 Å². The van der Waals surface area contributed by atoms with Crippen LogP contribution >= 0.6 is 0 Å². The highest BCUT2D eigenvalue weighted by molar-refractivity contribution is 5.78. The van der Waals surface area contributed by atoms with E-state index in [1.807, 2.05) is 14.7 Å². The Balaban J connectivity index is 1.43. The lowest BCUT2D eigenvalue weighted by Crippen LogP contribution is -2.49. The zero-order chi connectivity index (χ0) is 26.5. The first-order valence-electron chi connectivity index (χ1n) is 13.1. The van der Waals surface area contributed by atoms with Gasteiger partial charge in [-0.2, -0.15) is 15.0 Å². The van der Waals surface area contributed by atoms with Gasteiger partial charge in [0.1, 0.15) is 0 Å². The Hall–Kier alpha value is -3.45. The monoisotopic (exact) mass is 529 g/mol. The van der Waals surface area contributed by atoms with Crippen LogP contribution in [0.3, 0.4) is 0 Å². The quantitative estimate of drug-likeness (QED) is 0.416. The van der Waals surface area contributed by atoms with E-state index in [-0.39, 0.29) is 11.9 Å². The summed E-state index contributed by atoms with van der Waals surface area (Å²) in [6, 6.07) is 6.94. The minimum Gasteiger partial charge on any atom is -0.378 e. The van der Waals surface area contributed by atoms with Crippen molar-refractivity contribution in [3.8, 4) is 5.95 Å². The number of anilines is 2. The average molecular weight is 530 g/mol.